The van der Waals surface area contributed by atoms with Crippen LogP contribution in [-0.4, -0.2) is 26.9 Å². The molecule has 4 rings (SSSR count). The minimum absolute atomic E-state index is 0.0315. The summed E-state index contributed by atoms with van der Waals surface area (Å²) in [6.07, 6.45) is 1.34. The molecule has 0 atom stereocenters. The highest BCUT2D eigenvalue weighted by atomic mass is 19.4. The number of halogens is 3. The molecule has 1 heterocycles. The zero-order valence-corrected chi connectivity index (χ0v) is 17.3. The zero-order chi connectivity index (χ0) is 22.0. The van der Waals surface area contributed by atoms with Crippen LogP contribution in [0.25, 0.3) is 0 Å². The normalized spacial score (nSPS) is 13.9. The number of carbonyl (C=O) groups excluding carboxylic acids is 1. The van der Waals surface area contributed by atoms with Crippen molar-refractivity contribution in [3.05, 3.63) is 89.0 Å². The van der Waals surface area contributed by atoms with Gasteiger partial charge >= 0.3 is 6.18 Å². The molecule has 0 N–H and O–H groups in total. The van der Waals surface area contributed by atoms with Crippen molar-refractivity contribution in [2.45, 2.75) is 39.0 Å². The fourth-order valence-electron chi connectivity index (χ4n) is 3.51. The Labute approximate surface area is 179 Å². The van der Waals surface area contributed by atoms with Gasteiger partial charge in [-0.05, 0) is 55.5 Å². The lowest BCUT2D eigenvalue weighted by Gasteiger charge is -2.23. The first kappa shape index (κ1) is 21.2. The van der Waals surface area contributed by atoms with Crippen molar-refractivity contribution in [3.8, 4) is 0 Å². The van der Waals surface area contributed by atoms with Gasteiger partial charge in [0.05, 0.1) is 12.1 Å². The van der Waals surface area contributed by atoms with E-state index in [1.807, 2.05) is 40.7 Å². The number of aromatic nitrogens is 2. The van der Waals surface area contributed by atoms with E-state index in [-0.39, 0.29) is 5.91 Å². The molecule has 0 aliphatic heterocycles. The van der Waals surface area contributed by atoms with Crippen molar-refractivity contribution in [2.75, 3.05) is 6.54 Å². The third-order valence-corrected chi connectivity index (χ3v) is 5.53. The highest BCUT2D eigenvalue weighted by molar-refractivity contribution is 5.94. The van der Waals surface area contributed by atoms with Crippen LogP contribution in [0, 0.1) is 12.8 Å². The summed E-state index contributed by atoms with van der Waals surface area (Å²) in [5, 5.41) is 0. The summed E-state index contributed by atoms with van der Waals surface area (Å²) in [4.78, 5) is 19.4. The van der Waals surface area contributed by atoms with Crippen molar-refractivity contribution < 1.29 is 18.0 Å². The Morgan fingerprint density at radius 2 is 1.77 bits per heavy atom. The highest BCUT2D eigenvalue weighted by Crippen LogP contribution is 2.31. The molecule has 1 fully saturated rings. The van der Waals surface area contributed by atoms with Crippen LogP contribution in [-0.2, 0) is 19.3 Å². The van der Waals surface area contributed by atoms with Crippen molar-refractivity contribution in [1.29, 1.82) is 0 Å². The highest BCUT2D eigenvalue weighted by Gasteiger charge is 2.30. The Kier molecular flexibility index (Phi) is 5.85. The predicted octanol–water partition coefficient (Wildman–Crippen LogP) is 5.31. The van der Waals surface area contributed by atoms with E-state index in [2.05, 4.69) is 4.98 Å². The Morgan fingerprint density at radius 3 is 2.39 bits per heavy atom. The molecule has 4 nitrogen and oxygen atoms in total. The second-order valence-electron chi connectivity index (χ2n) is 8.16. The number of carbonyl (C=O) groups is 1. The number of nitrogens with zero attached hydrogens (tertiary/aromatic N) is 3. The number of amides is 1. The number of hydrogen-bond donors (Lipinski definition) is 0. The number of rotatable bonds is 7. The Morgan fingerprint density at radius 1 is 1.10 bits per heavy atom. The third-order valence-electron chi connectivity index (χ3n) is 5.53. The molecule has 1 aliphatic carbocycles. The second kappa shape index (κ2) is 8.57. The van der Waals surface area contributed by atoms with Crippen molar-refractivity contribution in [1.82, 2.24) is 14.5 Å². The average molecular weight is 427 g/mol. The Hall–Kier alpha value is -3.09. The predicted molar refractivity (Wildman–Crippen MR) is 111 cm³/mol. The molecular weight excluding hydrogens is 403 g/mol. The van der Waals surface area contributed by atoms with E-state index in [9.17, 15) is 18.0 Å². The molecular formula is C24H24F3N3O. The van der Waals surface area contributed by atoms with Crippen molar-refractivity contribution in [3.63, 3.8) is 0 Å². The molecule has 7 heteroatoms. The molecule has 1 aromatic heterocycles. The molecule has 1 saturated carbocycles. The molecule has 1 amide bonds. The summed E-state index contributed by atoms with van der Waals surface area (Å²) in [7, 11) is 0. The molecule has 2 aromatic carbocycles. The molecule has 0 unspecified atom stereocenters. The fourth-order valence-corrected chi connectivity index (χ4v) is 3.51. The number of imidazole rings is 1. The molecule has 0 bridgehead atoms. The van der Waals surface area contributed by atoms with Gasteiger partial charge in [0.15, 0.2) is 0 Å². The zero-order valence-electron chi connectivity index (χ0n) is 17.3. The van der Waals surface area contributed by atoms with Crippen LogP contribution in [0.15, 0.2) is 60.9 Å². The van der Waals surface area contributed by atoms with E-state index < -0.39 is 11.7 Å². The lowest BCUT2D eigenvalue weighted by Crippen LogP contribution is -2.33. The fraction of sp³-hybridized carbons (Fsp3) is 0.333. The van der Waals surface area contributed by atoms with Gasteiger partial charge in [0.2, 0.25) is 0 Å². The van der Waals surface area contributed by atoms with Gasteiger partial charge in [-0.3, -0.25) is 4.79 Å². The first-order valence-electron chi connectivity index (χ1n) is 10.3. The van der Waals surface area contributed by atoms with Crippen LogP contribution in [0.4, 0.5) is 13.2 Å². The van der Waals surface area contributed by atoms with E-state index in [1.165, 1.54) is 12.1 Å². The minimum Gasteiger partial charge on any atom is -0.331 e. The topological polar surface area (TPSA) is 38.1 Å². The van der Waals surface area contributed by atoms with Crippen LogP contribution in [0.1, 0.15) is 45.7 Å². The van der Waals surface area contributed by atoms with Gasteiger partial charge in [0, 0.05) is 31.0 Å². The van der Waals surface area contributed by atoms with E-state index in [0.29, 0.717) is 36.9 Å². The first-order chi connectivity index (χ1) is 14.8. The van der Waals surface area contributed by atoms with Gasteiger partial charge in [0.1, 0.15) is 5.82 Å². The largest absolute Gasteiger partial charge is 0.416 e. The van der Waals surface area contributed by atoms with Crippen LogP contribution in [0.2, 0.25) is 0 Å². The van der Waals surface area contributed by atoms with Crippen LogP contribution >= 0.6 is 0 Å². The Balaban J connectivity index is 1.50. The van der Waals surface area contributed by atoms with Gasteiger partial charge in [-0.25, -0.2) is 4.98 Å². The molecule has 0 spiro atoms. The van der Waals surface area contributed by atoms with E-state index in [0.717, 1.165) is 36.1 Å². The van der Waals surface area contributed by atoms with Crippen molar-refractivity contribution >= 4 is 5.91 Å². The number of aryl methyl sites for hydroxylation is 1. The van der Waals surface area contributed by atoms with E-state index in [4.69, 9.17) is 0 Å². The quantitative estimate of drug-likeness (QED) is 0.513. The maximum absolute atomic E-state index is 13.1. The standard InChI is InChI=1S/C24H24F3N3O/c1-17-2-8-20(9-3-17)23(31)30(15-18-4-5-18)16-22-28-12-13-29(22)14-19-6-10-21(11-7-19)24(25,26)27/h2-3,6-13,18H,4-5,14-16H2,1H3. The maximum atomic E-state index is 13.1. The summed E-state index contributed by atoms with van der Waals surface area (Å²) < 4.78 is 40.3. The molecule has 0 saturated heterocycles. The SMILES string of the molecule is Cc1ccc(C(=O)N(Cc2nccn2Cc2ccc(C(F)(F)F)cc2)CC2CC2)cc1. The lowest BCUT2D eigenvalue weighted by atomic mass is 10.1. The summed E-state index contributed by atoms with van der Waals surface area (Å²) in [6, 6.07) is 12.7. The molecule has 162 valence electrons. The maximum Gasteiger partial charge on any atom is 0.416 e. The van der Waals surface area contributed by atoms with Gasteiger partial charge in [-0.15, -0.1) is 0 Å². The number of hydrogen-bond acceptors (Lipinski definition) is 2. The molecule has 31 heavy (non-hydrogen) atoms. The van der Waals surface area contributed by atoms with E-state index >= 15 is 0 Å². The second-order valence-corrected chi connectivity index (χ2v) is 8.16. The first-order valence-corrected chi connectivity index (χ1v) is 10.3. The number of alkyl halides is 3. The average Bonchev–Trinajstić information content (AvgIpc) is 3.46. The van der Waals surface area contributed by atoms with Gasteiger partial charge in [-0.2, -0.15) is 13.2 Å². The Bertz CT molecular complexity index is 1040. The monoisotopic (exact) mass is 427 g/mol. The van der Waals surface area contributed by atoms with Gasteiger partial charge in [0.25, 0.3) is 5.91 Å². The summed E-state index contributed by atoms with van der Waals surface area (Å²) in [5.74, 6) is 1.20. The van der Waals surface area contributed by atoms with Crippen LogP contribution in [0.5, 0.6) is 0 Å². The van der Waals surface area contributed by atoms with Gasteiger partial charge in [-0.1, -0.05) is 29.8 Å². The molecule has 0 radical (unpaired) electrons. The lowest BCUT2D eigenvalue weighted by molar-refractivity contribution is -0.137. The van der Waals surface area contributed by atoms with E-state index in [1.54, 1.807) is 12.4 Å². The molecule has 1 aliphatic rings. The number of benzene rings is 2. The summed E-state index contributed by atoms with van der Waals surface area (Å²) in [5.41, 5.74) is 1.82. The van der Waals surface area contributed by atoms with Crippen molar-refractivity contribution in [2.24, 2.45) is 5.92 Å². The third kappa shape index (κ3) is 5.34. The minimum atomic E-state index is -4.35. The summed E-state index contributed by atoms with van der Waals surface area (Å²) >= 11 is 0. The summed E-state index contributed by atoms with van der Waals surface area (Å²) in [6.45, 7) is 3.41. The van der Waals surface area contributed by atoms with Crippen LogP contribution in [0.3, 0.4) is 0 Å². The van der Waals surface area contributed by atoms with Gasteiger partial charge < -0.3 is 9.47 Å². The smallest absolute Gasteiger partial charge is 0.331 e. The molecule has 3 aromatic rings. The van der Waals surface area contributed by atoms with Crippen LogP contribution < -0.4 is 0 Å².